The zero-order valence-electron chi connectivity index (χ0n) is 12.7. The highest BCUT2D eigenvalue weighted by molar-refractivity contribution is 8.00. The molecule has 1 aliphatic heterocycles. The van der Waals surface area contributed by atoms with E-state index >= 15 is 0 Å². The van der Waals surface area contributed by atoms with Gasteiger partial charge in [0.15, 0.2) is 18.3 Å². The Bertz CT molecular complexity index is 563. The van der Waals surface area contributed by atoms with Crippen LogP contribution in [-0.2, 0) is 14.3 Å². The van der Waals surface area contributed by atoms with Crippen LogP contribution >= 0.6 is 11.8 Å². The van der Waals surface area contributed by atoms with Crippen LogP contribution in [0.2, 0.25) is 0 Å². The Kier molecular flexibility index (Phi) is 6.08. The molecule has 1 heterocycles. The molecule has 1 aromatic carbocycles. The summed E-state index contributed by atoms with van der Waals surface area (Å²) in [4.78, 5) is 22.6. The van der Waals surface area contributed by atoms with Gasteiger partial charge in [-0.1, -0.05) is 23.9 Å². The lowest BCUT2D eigenvalue weighted by molar-refractivity contribution is -0.136. The molecule has 23 heavy (non-hydrogen) atoms. The van der Waals surface area contributed by atoms with Crippen LogP contribution in [0.15, 0.2) is 24.3 Å². The van der Waals surface area contributed by atoms with Crippen LogP contribution in [0.3, 0.4) is 0 Å². The molecule has 2 rings (SSSR count). The average molecular weight is 341 g/mol. The number of carbonyl (C=O) groups excluding carboxylic acids is 2. The molecule has 0 aromatic heterocycles. The van der Waals surface area contributed by atoms with E-state index < -0.39 is 23.4 Å². The fraction of sp³-hybridized carbons (Fsp3) is 0.429. The number of benzene rings is 1. The molecule has 1 saturated heterocycles. The highest BCUT2D eigenvalue weighted by Gasteiger charge is 2.37. The van der Waals surface area contributed by atoms with Gasteiger partial charge in [0.25, 0.3) is 5.18 Å². The maximum atomic E-state index is 11.7. The van der Waals surface area contributed by atoms with Gasteiger partial charge in [0.2, 0.25) is 11.8 Å². The standard InChI is InChI=1S/C14H19N3O5S/c1-20-10-4-2-3-5-11(10)21-9-22-14(16-6-7-23-14)17-13(19)8-12(15)18/h2-5,16H,6-9H2,1H3,(H2,15,18)(H,17,19)/t14-/m0/s1. The predicted molar refractivity (Wildman–Crippen MR) is 84.7 cm³/mol. The lowest BCUT2D eigenvalue weighted by atomic mass is 10.3. The molecule has 0 aliphatic carbocycles. The van der Waals surface area contributed by atoms with Gasteiger partial charge in [-0.15, -0.1) is 0 Å². The first-order chi connectivity index (χ1) is 11.0. The number of hydrogen-bond acceptors (Lipinski definition) is 7. The van der Waals surface area contributed by atoms with Crippen molar-refractivity contribution in [1.82, 2.24) is 10.6 Å². The van der Waals surface area contributed by atoms with E-state index in [2.05, 4.69) is 10.6 Å². The summed E-state index contributed by atoms with van der Waals surface area (Å²) in [5.74, 6) is 0.625. The van der Waals surface area contributed by atoms with E-state index in [4.69, 9.17) is 19.9 Å². The minimum Gasteiger partial charge on any atom is -0.493 e. The van der Waals surface area contributed by atoms with Gasteiger partial charge in [0, 0.05) is 12.3 Å². The normalized spacial score (nSPS) is 20.0. The fourth-order valence-corrected chi connectivity index (χ4v) is 2.98. The SMILES string of the molecule is COc1ccccc1OCO[C@@]1(NC(=O)CC(N)=O)NCCS1. The molecule has 1 atom stereocenters. The van der Waals surface area contributed by atoms with Crippen LogP contribution in [0.4, 0.5) is 0 Å². The van der Waals surface area contributed by atoms with Gasteiger partial charge in [-0.25, -0.2) is 0 Å². The van der Waals surface area contributed by atoms with Crippen molar-refractivity contribution >= 4 is 23.6 Å². The largest absolute Gasteiger partial charge is 0.493 e. The third-order valence-corrected chi connectivity index (χ3v) is 4.13. The Balaban J connectivity index is 1.92. The molecule has 0 radical (unpaired) electrons. The summed E-state index contributed by atoms with van der Waals surface area (Å²) in [7, 11) is 1.54. The zero-order chi connectivity index (χ0) is 16.7. The molecule has 1 aliphatic rings. The Morgan fingerprint density at radius 2 is 2.13 bits per heavy atom. The predicted octanol–water partition coefficient (Wildman–Crippen LogP) is -0.0126. The van der Waals surface area contributed by atoms with Gasteiger partial charge in [-0.3, -0.25) is 19.6 Å². The summed E-state index contributed by atoms with van der Waals surface area (Å²) >= 11 is 1.36. The Hall–Kier alpha value is -1.97. The monoisotopic (exact) mass is 341 g/mol. The maximum Gasteiger partial charge on any atom is 0.252 e. The molecule has 8 nitrogen and oxygen atoms in total. The van der Waals surface area contributed by atoms with E-state index in [0.717, 1.165) is 5.75 Å². The lowest BCUT2D eigenvalue weighted by Crippen LogP contribution is -2.56. The smallest absolute Gasteiger partial charge is 0.252 e. The first-order valence-electron chi connectivity index (χ1n) is 6.93. The molecular formula is C14H19N3O5S. The van der Waals surface area contributed by atoms with Crippen molar-refractivity contribution in [2.75, 3.05) is 26.2 Å². The van der Waals surface area contributed by atoms with Crippen LogP contribution in [0.1, 0.15) is 6.42 Å². The van der Waals surface area contributed by atoms with Crippen LogP contribution in [0, 0.1) is 0 Å². The molecule has 0 bridgehead atoms. The Morgan fingerprint density at radius 1 is 1.39 bits per heavy atom. The maximum absolute atomic E-state index is 11.7. The highest BCUT2D eigenvalue weighted by atomic mass is 32.2. The summed E-state index contributed by atoms with van der Waals surface area (Å²) in [5, 5.41) is 4.52. The molecule has 9 heteroatoms. The van der Waals surface area contributed by atoms with E-state index in [9.17, 15) is 9.59 Å². The molecule has 0 spiro atoms. The average Bonchev–Trinajstić information content (AvgIpc) is 2.95. The van der Waals surface area contributed by atoms with Gasteiger partial charge in [-0.05, 0) is 12.1 Å². The molecule has 4 N–H and O–H groups in total. The lowest BCUT2D eigenvalue weighted by Gasteiger charge is -2.29. The second-order valence-electron chi connectivity index (χ2n) is 4.64. The molecule has 126 valence electrons. The number of rotatable bonds is 8. The van der Waals surface area contributed by atoms with Gasteiger partial charge in [0.05, 0.1) is 7.11 Å². The number of amides is 2. The van der Waals surface area contributed by atoms with Gasteiger partial charge in [-0.2, -0.15) is 0 Å². The van der Waals surface area contributed by atoms with E-state index in [1.54, 1.807) is 19.2 Å². The van der Waals surface area contributed by atoms with Crippen molar-refractivity contribution < 1.29 is 23.8 Å². The molecular weight excluding hydrogens is 322 g/mol. The number of hydrogen-bond donors (Lipinski definition) is 3. The third kappa shape index (κ3) is 5.02. The number of methoxy groups -OCH3 is 1. The summed E-state index contributed by atoms with van der Waals surface area (Å²) in [5.41, 5.74) is 5.01. The fourth-order valence-electron chi connectivity index (χ4n) is 1.97. The van der Waals surface area contributed by atoms with Gasteiger partial charge < -0.3 is 20.5 Å². The number of thioether (sulfide) groups is 1. The molecule has 0 unspecified atom stereocenters. The second kappa shape index (κ2) is 8.04. The summed E-state index contributed by atoms with van der Waals surface area (Å²) in [6, 6.07) is 7.15. The van der Waals surface area contributed by atoms with Crippen molar-refractivity contribution in [3.8, 4) is 11.5 Å². The third-order valence-electron chi connectivity index (χ3n) is 2.95. The van der Waals surface area contributed by atoms with Crippen molar-refractivity contribution in [2.24, 2.45) is 5.73 Å². The van der Waals surface area contributed by atoms with Crippen molar-refractivity contribution in [1.29, 1.82) is 0 Å². The van der Waals surface area contributed by atoms with Crippen molar-refractivity contribution in [3.63, 3.8) is 0 Å². The molecule has 1 fully saturated rings. The number of nitrogens with two attached hydrogens (primary N) is 1. The van der Waals surface area contributed by atoms with Crippen LogP contribution in [-0.4, -0.2) is 43.2 Å². The van der Waals surface area contributed by atoms with Crippen LogP contribution in [0.25, 0.3) is 0 Å². The van der Waals surface area contributed by atoms with E-state index in [1.807, 2.05) is 12.1 Å². The number of carbonyl (C=O) groups is 2. The number of primary amides is 1. The van der Waals surface area contributed by atoms with Crippen LogP contribution in [0.5, 0.6) is 11.5 Å². The minimum atomic E-state index is -1.13. The molecule has 0 saturated carbocycles. The summed E-state index contributed by atoms with van der Waals surface area (Å²) in [6.45, 7) is 0.535. The van der Waals surface area contributed by atoms with E-state index in [-0.39, 0.29) is 6.79 Å². The minimum absolute atomic E-state index is 0.114. The highest BCUT2D eigenvalue weighted by Crippen LogP contribution is 2.28. The Labute approximate surface area is 138 Å². The van der Waals surface area contributed by atoms with Crippen LogP contribution < -0.4 is 25.8 Å². The van der Waals surface area contributed by atoms with E-state index in [0.29, 0.717) is 18.0 Å². The number of para-hydroxylation sites is 2. The van der Waals surface area contributed by atoms with Crippen molar-refractivity contribution in [3.05, 3.63) is 24.3 Å². The van der Waals surface area contributed by atoms with Crippen molar-refractivity contribution in [2.45, 2.75) is 11.6 Å². The zero-order valence-corrected chi connectivity index (χ0v) is 13.5. The molecule has 2 amide bonds. The quantitative estimate of drug-likeness (QED) is 0.450. The summed E-state index contributed by atoms with van der Waals surface area (Å²) < 4.78 is 16.3. The van der Waals surface area contributed by atoms with Gasteiger partial charge >= 0.3 is 0 Å². The first kappa shape index (κ1) is 17.4. The first-order valence-corrected chi connectivity index (χ1v) is 7.91. The topological polar surface area (TPSA) is 112 Å². The second-order valence-corrected chi connectivity index (χ2v) is 5.91. The van der Waals surface area contributed by atoms with Gasteiger partial charge in [0.1, 0.15) is 6.42 Å². The van der Waals surface area contributed by atoms with E-state index in [1.165, 1.54) is 11.8 Å². The molecule has 1 aromatic rings. The number of ether oxygens (including phenoxy) is 3. The Morgan fingerprint density at radius 3 is 2.74 bits per heavy atom. The summed E-state index contributed by atoms with van der Waals surface area (Å²) in [6.07, 6.45) is -0.402. The number of nitrogens with one attached hydrogen (secondary N) is 2.